The number of hydrogen-bond acceptors (Lipinski definition) is 5. The summed E-state index contributed by atoms with van der Waals surface area (Å²) in [7, 11) is 0. The van der Waals surface area contributed by atoms with Crippen LogP contribution in [0.1, 0.15) is 24.8 Å². The molecular formula is C17H23N3O4. The first kappa shape index (κ1) is 18.1. The Morgan fingerprint density at radius 1 is 1.42 bits per heavy atom. The molecule has 2 rings (SSSR count). The monoisotopic (exact) mass is 333 g/mol. The van der Waals surface area contributed by atoms with Gasteiger partial charge in [0.1, 0.15) is 0 Å². The number of aliphatic hydroxyl groups is 1. The van der Waals surface area contributed by atoms with Crippen LogP contribution >= 0.6 is 0 Å². The molecule has 0 radical (unpaired) electrons. The van der Waals surface area contributed by atoms with Crippen LogP contribution in [0.3, 0.4) is 0 Å². The second-order valence-electron chi connectivity index (χ2n) is 5.90. The van der Waals surface area contributed by atoms with E-state index in [1.807, 2.05) is 0 Å². The third-order valence-electron chi connectivity index (χ3n) is 4.02. The minimum absolute atomic E-state index is 0.00390. The Bertz CT molecular complexity index is 595. The average Bonchev–Trinajstić information content (AvgIpc) is 2.58. The summed E-state index contributed by atoms with van der Waals surface area (Å²) in [6.45, 7) is 3.29. The quantitative estimate of drug-likeness (QED) is 0.342. The number of rotatable bonds is 7. The van der Waals surface area contributed by atoms with Gasteiger partial charge in [-0.3, -0.25) is 14.9 Å². The van der Waals surface area contributed by atoms with E-state index in [0.29, 0.717) is 12.1 Å². The average molecular weight is 333 g/mol. The Balaban J connectivity index is 1.67. The lowest BCUT2D eigenvalue weighted by atomic mass is 10.1. The van der Waals surface area contributed by atoms with E-state index in [2.05, 4.69) is 10.2 Å². The molecule has 0 saturated carbocycles. The lowest BCUT2D eigenvalue weighted by Crippen LogP contribution is -2.37. The van der Waals surface area contributed by atoms with Crippen molar-refractivity contribution in [3.8, 4) is 0 Å². The fourth-order valence-electron chi connectivity index (χ4n) is 2.63. The number of carbonyl (C=O) groups is 1. The van der Waals surface area contributed by atoms with Crippen LogP contribution in [-0.2, 0) is 4.79 Å². The molecule has 1 saturated heterocycles. The topological polar surface area (TPSA) is 95.7 Å². The predicted octanol–water partition coefficient (Wildman–Crippen LogP) is 1.57. The molecule has 0 bridgehead atoms. The minimum atomic E-state index is -0.461. The number of carbonyl (C=O) groups excluding carboxylic acids is 1. The van der Waals surface area contributed by atoms with Crippen LogP contribution in [0.2, 0.25) is 0 Å². The van der Waals surface area contributed by atoms with Gasteiger partial charge in [-0.05, 0) is 37.4 Å². The van der Waals surface area contributed by atoms with Crippen molar-refractivity contribution < 1.29 is 14.8 Å². The number of benzene rings is 1. The van der Waals surface area contributed by atoms with Gasteiger partial charge in [0.05, 0.1) is 11.0 Å². The first-order valence-electron chi connectivity index (χ1n) is 8.15. The Labute approximate surface area is 141 Å². The Kier molecular flexibility index (Phi) is 6.89. The molecule has 0 unspecified atom stereocenters. The van der Waals surface area contributed by atoms with Gasteiger partial charge in [0, 0.05) is 37.8 Å². The van der Waals surface area contributed by atoms with E-state index >= 15 is 0 Å². The van der Waals surface area contributed by atoms with Crippen molar-refractivity contribution >= 4 is 17.7 Å². The molecular weight excluding hydrogens is 310 g/mol. The maximum absolute atomic E-state index is 11.8. The smallest absolute Gasteiger partial charge is 0.270 e. The number of non-ortho nitro benzene ring substituents is 1. The molecule has 0 aliphatic carbocycles. The first-order valence-corrected chi connectivity index (χ1v) is 8.15. The van der Waals surface area contributed by atoms with Gasteiger partial charge in [0.15, 0.2) is 0 Å². The van der Waals surface area contributed by atoms with E-state index in [1.165, 1.54) is 18.2 Å². The molecule has 7 heteroatoms. The van der Waals surface area contributed by atoms with Crippen LogP contribution in [0.4, 0.5) is 5.69 Å². The fraction of sp³-hybridized carbons (Fsp3) is 0.471. The van der Waals surface area contributed by atoms with Gasteiger partial charge in [-0.15, -0.1) is 0 Å². The molecule has 2 N–H and O–H groups in total. The van der Waals surface area contributed by atoms with Crippen LogP contribution < -0.4 is 5.32 Å². The van der Waals surface area contributed by atoms with E-state index in [-0.39, 0.29) is 17.7 Å². The summed E-state index contributed by atoms with van der Waals surface area (Å²) in [6, 6.07) is 6.14. The number of nitro groups is 1. The normalized spacial score (nSPS) is 16.4. The number of piperidine rings is 1. The molecule has 1 heterocycles. The van der Waals surface area contributed by atoms with Gasteiger partial charge >= 0.3 is 0 Å². The van der Waals surface area contributed by atoms with Crippen molar-refractivity contribution in [3.05, 3.63) is 46.0 Å². The predicted molar refractivity (Wildman–Crippen MR) is 91.4 cm³/mol. The van der Waals surface area contributed by atoms with E-state index in [0.717, 1.165) is 38.9 Å². The highest BCUT2D eigenvalue weighted by Gasteiger charge is 2.15. The lowest BCUT2D eigenvalue weighted by Gasteiger charge is -2.29. The molecule has 1 fully saturated rings. The molecule has 7 nitrogen and oxygen atoms in total. The van der Waals surface area contributed by atoms with Crippen LogP contribution in [0, 0.1) is 10.1 Å². The Hall–Kier alpha value is -2.25. The van der Waals surface area contributed by atoms with Crippen molar-refractivity contribution in [3.63, 3.8) is 0 Å². The summed E-state index contributed by atoms with van der Waals surface area (Å²) in [5, 5.41) is 22.9. The molecule has 0 atom stereocenters. The second kappa shape index (κ2) is 9.14. The zero-order chi connectivity index (χ0) is 17.4. The number of amides is 1. The molecule has 1 aromatic carbocycles. The summed E-state index contributed by atoms with van der Waals surface area (Å²) >= 11 is 0. The highest BCUT2D eigenvalue weighted by Crippen LogP contribution is 2.14. The Morgan fingerprint density at radius 2 is 2.17 bits per heavy atom. The molecule has 24 heavy (non-hydrogen) atoms. The third-order valence-corrected chi connectivity index (χ3v) is 4.02. The van der Waals surface area contributed by atoms with Gasteiger partial charge in [0.25, 0.3) is 5.69 Å². The van der Waals surface area contributed by atoms with Crippen LogP contribution in [0.25, 0.3) is 6.08 Å². The summed E-state index contributed by atoms with van der Waals surface area (Å²) < 4.78 is 0. The van der Waals surface area contributed by atoms with Crippen molar-refractivity contribution in [1.82, 2.24) is 10.2 Å². The molecule has 1 aliphatic rings. The number of hydrogen-bond donors (Lipinski definition) is 2. The molecule has 130 valence electrons. The maximum atomic E-state index is 11.8. The highest BCUT2D eigenvalue weighted by atomic mass is 16.6. The molecule has 1 amide bonds. The van der Waals surface area contributed by atoms with Gasteiger partial charge in [-0.1, -0.05) is 12.1 Å². The maximum Gasteiger partial charge on any atom is 0.270 e. The molecule has 0 aromatic heterocycles. The molecule has 1 aliphatic heterocycles. The summed E-state index contributed by atoms with van der Waals surface area (Å²) in [6.07, 6.45) is 5.27. The summed E-state index contributed by atoms with van der Waals surface area (Å²) in [5.41, 5.74) is 0.621. The van der Waals surface area contributed by atoms with Crippen LogP contribution in [0.15, 0.2) is 30.3 Å². The lowest BCUT2D eigenvalue weighted by molar-refractivity contribution is -0.384. The Morgan fingerprint density at radius 3 is 2.88 bits per heavy atom. The standard InChI is InChI=1S/C17H23N3O4/c21-16-7-11-19(12-8-16)10-2-9-18-17(22)6-5-14-3-1-4-15(13-14)20(23)24/h1,3-6,13,16,21H,2,7-12H2,(H,18,22). The zero-order valence-electron chi connectivity index (χ0n) is 13.6. The fourth-order valence-corrected chi connectivity index (χ4v) is 2.63. The summed E-state index contributed by atoms with van der Waals surface area (Å²) in [4.78, 5) is 24.3. The van der Waals surface area contributed by atoms with E-state index in [4.69, 9.17) is 0 Å². The second-order valence-corrected chi connectivity index (χ2v) is 5.90. The number of nitrogens with zero attached hydrogens (tertiary/aromatic N) is 2. The van der Waals surface area contributed by atoms with Gasteiger partial charge < -0.3 is 15.3 Å². The van der Waals surface area contributed by atoms with Crippen molar-refractivity contribution in [1.29, 1.82) is 0 Å². The minimum Gasteiger partial charge on any atom is -0.393 e. The van der Waals surface area contributed by atoms with E-state index in [9.17, 15) is 20.0 Å². The van der Waals surface area contributed by atoms with Gasteiger partial charge in [0.2, 0.25) is 5.91 Å². The van der Waals surface area contributed by atoms with Crippen molar-refractivity contribution in [2.45, 2.75) is 25.4 Å². The number of nitrogens with one attached hydrogen (secondary N) is 1. The van der Waals surface area contributed by atoms with Gasteiger partial charge in [-0.2, -0.15) is 0 Å². The summed E-state index contributed by atoms with van der Waals surface area (Å²) in [5.74, 6) is -0.212. The largest absolute Gasteiger partial charge is 0.393 e. The number of aliphatic hydroxyl groups excluding tert-OH is 1. The number of likely N-dealkylation sites (tertiary alicyclic amines) is 1. The number of nitro benzene ring substituents is 1. The molecule has 0 spiro atoms. The molecule has 1 aromatic rings. The van der Waals surface area contributed by atoms with E-state index in [1.54, 1.807) is 18.2 Å². The van der Waals surface area contributed by atoms with E-state index < -0.39 is 4.92 Å². The van der Waals surface area contributed by atoms with Crippen LogP contribution in [0.5, 0.6) is 0 Å². The van der Waals surface area contributed by atoms with Crippen molar-refractivity contribution in [2.75, 3.05) is 26.2 Å². The SMILES string of the molecule is O=C(C=Cc1cccc([N+](=O)[O-])c1)NCCCN1CCC(O)CC1. The first-order chi connectivity index (χ1) is 11.5. The van der Waals surface area contributed by atoms with Gasteiger partial charge in [-0.25, -0.2) is 0 Å². The third kappa shape index (κ3) is 6.10. The highest BCUT2D eigenvalue weighted by molar-refractivity contribution is 5.91. The zero-order valence-corrected chi connectivity index (χ0v) is 13.6. The van der Waals surface area contributed by atoms with Crippen LogP contribution in [-0.4, -0.2) is 53.1 Å². The van der Waals surface area contributed by atoms with Crippen molar-refractivity contribution in [2.24, 2.45) is 0 Å².